The second-order valence-electron chi connectivity index (χ2n) is 6.60. The van der Waals surface area contributed by atoms with Gasteiger partial charge in [-0.25, -0.2) is 0 Å². The zero-order chi connectivity index (χ0) is 18.6. The summed E-state index contributed by atoms with van der Waals surface area (Å²) in [6, 6.07) is 7.97. The Kier molecular flexibility index (Phi) is 11.9. The minimum atomic E-state index is 0. The molecule has 0 radical (unpaired) electrons. The molecule has 0 heterocycles. The van der Waals surface area contributed by atoms with Gasteiger partial charge in [-0.2, -0.15) is 0 Å². The van der Waals surface area contributed by atoms with E-state index in [1.165, 1.54) is 25.7 Å². The zero-order valence-corrected chi connectivity index (χ0v) is 18.8. The van der Waals surface area contributed by atoms with Crippen LogP contribution in [0.2, 0.25) is 0 Å². The lowest BCUT2D eigenvalue weighted by Gasteiger charge is -2.15. The van der Waals surface area contributed by atoms with Crippen molar-refractivity contribution in [3.05, 3.63) is 29.8 Å². The van der Waals surface area contributed by atoms with Crippen molar-refractivity contribution in [2.24, 2.45) is 10.9 Å². The minimum Gasteiger partial charge on any atom is -0.494 e. The summed E-state index contributed by atoms with van der Waals surface area (Å²) < 4.78 is 5.63. The van der Waals surface area contributed by atoms with Crippen LogP contribution in [0.5, 0.6) is 5.75 Å². The fourth-order valence-corrected chi connectivity index (χ4v) is 3.28. The van der Waals surface area contributed by atoms with E-state index in [0.717, 1.165) is 11.3 Å². The van der Waals surface area contributed by atoms with Gasteiger partial charge in [0.25, 0.3) is 0 Å². The zero-order valence-electron chi connectivity index (χ0n) is 16.4. The van der Waals surface area contributed by atoms with Gasteiger partial charge in [-0.3, -0.25) is 9.79 Å². The van der Waals surface area contributed by atoms with Gasteiger partial charge in [0, 0.05) is 38.7 Å². The molecule has 0 saturated heterocycles. The number of nitrogens with one attached hydrogen (secondary N) is 3. The molecule has 1 amide bonds. The number of guanidine groups is 1. The molecule has 1 aromatic carbocycles. The first kappa shape index (κ1) is 23.5. The Morgan fingerprint density at radius 1 is 1.15 bits per heavy atom. The summed E-state index contributed by atoms with van der Waals surface area (Å²) in [5, 5.41) is 9.49. The normalized spacial score (nSPS) is 14.4. The van der Waals surface area contributed by atoms with E-state index in [-0.39, 0.29) is 29.9 Å². The molecular weight excluding hydrogens is 455 g/mol. The number of rotatable bonds is 9. The number of carbonyl (C=O) groups is 1. The summed E-state index contributed by atoms with van der Waals surface area (Å²) in [7, 11) is 1.74. The molecule has 0 aliphatic heterocycles. The number of halogens is 1. The van der Waals surface area contributed by atoms with E-state index in [2.05, 4.69) is 20.9 Å². The predicted molar refractivity (Wildman–Crippen MR) is 121 cm³/mol. The maximum Gasteiger partial charge on any atom is 0.220 e. The largest absolute Gasteiger partial charge is 0.494 e. The average molecular weight is 488 g/mol. The molecule has 152 valence electrons. The molecule has 2 rings (SSSR count). The van der Waals surface area contributed by atoms with Crippen molar-refractivity contribution in [3.8, 4) is 5.75 Å². The molecule has 1 aliphatic rings. The van der Waals surface area contributed by atoms with E-state index in [0.29, 0.717) is 44.5 Å². The first-order chi connectivity index (χ1) is 12.7. The van der Waals surface area contributed by atoms with Gasteiger partial charge < -0.3 is 20.7 Å². The fourth-order valence-electron chi connectivity index (χ4n) is 3.28. The molecular formula is C20H33IN4O2. The summed E-state index contributed by atoms with van der Waals surface area (Å²) in [6.07, 6.45) is 5.61. The summed E-state index contributed by atoms with van der Waals surface area (Å²) in [5.74, 6) is 2.34. The van der Waals surface area contributed by atoms with Gasteiger partial charge in [0.1, 0.15) is 5.75 Å². The van der Waals surface area contributed by atoms with Crippen LogP contribution in [0.25, 0.3) is 0 Å². The third-order valence-corrected chi connectivity index (χ3v) is 4.63. The minimum absolute atomic E-state index is 0. The molecule has 0 bridgehead atoms. The summed E-state index contributed by atoms with van der Waals surface area (Å²) in [5.41, 5.74) is 1.09. The topological polar surface area (TPSA) is 74.8 Å². The van der Waals surface area contributed by atoms with Crippen molar-refractivity contribution in [1.29, 1.82) is 0 Å². The molecule has 3 N–H and O–H groups in total. The lowest BCUT2D eigenvalue weighted by molar-refractivity contribution is -0.121. The number of amides is 1. The van der Waals surface area contributed by atoms with Crippen molar-refractivity contribution in [3.63, 3.8) is 0 Å². The third kappa shape index (κ3) is 8.81. The quantitative estimate of drug-likeness (QED) is 0.216. The fraction of sp³-hybridized carbons (Fsp3) is 0.600. The highest BCUT2D eigenvalue weighted by Gasteiger charge is 2.17. The molecule has 7 heteroatoms. The van der Waals surface area contributed by atoms with Gasteiger partial charge >= 0.3 is 0 Å². The Bertz CT molecular complexity index is 589. The van der Waals surface area contributed by atoms with Gasteiger partial charge in [0.2, 0.25) is 5.91 Å². The maximum atomic E-state index is 11.9. The van der Waals surface area contributed by atoms with Gasteiger partial charge in [-0.15, -0.1) is 24.0 Å². The summed E-state index contributed by atoms with van der Waals surface area (Å²) in [4.78, 5) is 16.1. The van der Waals surface area contributed by atoms with Gasteiger partial charge in [0.15, 0.2) is 5.96 Å². The van der Waals surface area contributed by atoms with Crippen molar-refractivity contribution in [1.82, 2.24) is 16.0 Å². The molecule has 1 fully saturated rings. The third-order valence-electron chi connectivity index (χ3n) is 4.63. The van der Waals surface area contributed by atoms with Gasteiger partial charge in [-0.05, 0) is 31.7 Å². The number of aliphatic imine (C=N–C) groups is 1. The average Bonchev–Trinajstić information content (AvgIpc) is 3.15. The Balaban J connectivity index is 0.00000364. The molecule has 0 spiro atoms. The number of benzene rings is 1. The first-order valence-corrected chi connectivity index (χ1v) is 9.64. The highest BCUT2D eigenvalue weighted by Crippen LogP contribution is 2.27. The van der Waals surface area contributed by atoms with Crippen molar-refractivity contribution >= 4 is 35.8 Å². The highest BCUT2D eigenvalue weighted by molar-refractivity contribution is 14.0. The van der Waals surface area contributed by atoms with Crippen molar-refractivity contribution in [2.45, 2.75) is 45.6 Å². The van der Waals surface area contributed by atoms with Crippen LogP contribution in [-0.2, 0) is 11.3 Å². The molecule has 0 aromatic heterocycles. The van der Waals surface area contributed by atoms with Crippen molar-refractivity contribution in [2.75, 3.05) is 26.7 Å². The van der Waals surface area contributed by atoms with Gasteiger partial charge in [-0.1, -0.05) is 31.0 Å². The summed E-state index contributed by atoms with van der Waals surface area (Å²) >= 11 is 0. The summed E-state index contributed by atoms with van der Waals surface area (Å²) in [6.45, 7) is 4.49. The Labute approximate surface area is 179 Å². The number of ether oxygens (including phenoxy) is 1. The molecule has 6 nitrogen and oxygen atoms in total. The number of hydrogen-bond donors (Lipinski definition) is 3. The Morgan fingerprint density at radius 2 is 1.85 bits per heavy atom. The van der Waals surface area contributed by atoms with Crippen LogP contribution in [-0.4, -0.2) is 38.6 Å². The first-order valence-electron chi connectivity index (χ1n) is 9.64. The molecule has 1 aromatic rings. The molecule has 0 atom stereocenters. The molecule has 1 saturated carbocycles. The van der Waals surface area contributed by atoms with E-state index >= 15 is 0 Å². The van der Waals surface area contributed by atoms with Crippen LogP contribution < -0.4 is 20.7 Å². The van der Waals surface area contributed by atoms with E-state index < -0.39 is 0 Å². The van der Waals surface area contributed by atoms with Crippen LogP contribution in [0.1, 0.15) is 44.6 Å². The van der Waals surface area contributed by atoms with E-state index in [9.17, 15) is 4.79 Å². The Hall–Kier alpha value is -1.51. The van der Waals surface area contributed by atoms with Crippen LogP contribution in [0.3, 0.4) is 0 Å². The standard InChI is InChI=1S/C20H32N4O2.HI/c1-3-26-18-11-7-6-10-17(18)15-24-20(21-2)23-13-12-22-19(25)14-16-8-4-5-9-16;/h6-7,10-11,16H,3-5,8-9,12-15H2,1-2H3,(H,22,25)(H2,21,23,24);1H. The van der Waals surface area contributed by atoms with Crippen molar-refractivity contribution < 1.29 is 9.53 Å². The van der Waals surface area contributed by atoms with Gasteiger partial charge in [0.05, 0.1) is 6.61 Å². The number of para-hydroxylation sites is 1. The Morgan fingerprint density at radius 3 is 2.56 bits per heavy atom. The van der Waals surface area contributed by atoms with E-state index in [4.69, 9.17) is 4.74 Å². The van der Waals surface area contributed by atoms with Crippen LogP contribution >= 0.6 is 24.0 Å². The van der Waals surface area contributed by atoms with Crippen LogP contribution in [0.4, 0.5) is 0 Å². The van der Waals surface area contributed by atoms with E-state index in [1.54, 1.807) is 7.05 Å². The maximum absolute atomic E-state index is 11.9. The number of carbonyl (C=O) groups excluding carboxylic acids is 1. The van der Waals surface area contributed by atoms with Crippen LogP contribution in [0, 0.1) is 5.92 Å². The SMILES string of the molecule is CCOc1ccccc1CNC(=NC)NCCNC(=O)CC1CCCC1.I. The lowest BCUT2D eigenvalue weighted by Crippen LogP contribution is -2.41. The molecule has 1 aliphatic carbocycles. The molecule has 27 heavy (non-hydrogen) atoms. The van der Waals surface area contributed by atoms with E-state index in [1.807, 2.05) is 31.2 Å². The number of nitrogens with zero attached hydrogens (tertiary/aromatic N) is 1. The number of hydrogen-bond acceptors (Lipinski definition) is 3. The second-order valence-corrected chi connectivity index (χ2v) is 6.60. The lowest BCUT2D eigenvalue weighted by atomic mass is 10.0. The monoisotopic (exact) mass is 488 g/mol. The highest BCUT2D eigenvalue weighted by atomic mass is 127. The smallest absolute Gasteiger partial charge is 0.220 e. The second kappa shape index (κ2) is 13.6. The van der Waals surface area contributed by atoms with Crippen LogP contribution in [0.15, 0.2) is 29.3 Å². The predicted octanol–water partition coefficient (Wildman–Crippen LogP) is 3.06. The molecule has 0 unspecified atom stereocenters.